The van der Waals surface area contributed by atoms with Gasteiger partial charge < -0.3 is 19.1 Å². The van der Waals surface area contributed by atoms with Crippen molar-refractivity contribution in [1.82, 2.24) is 4.57 Å². The van der Waals surface area contributed by atoms with E-state index < -0.39 is 0 Å². The van der Waals surface area contributed by atoms with Crippen LogP contribution in [0.3, 0.4) is 0 Å². The van der Waals surface area contributed by atoms with E-state index in [-0.39, 0.29) is 17.9 Å². The maximum atomic E-state index is 13.1. The molecule has 0 spiro atoms. The first-order valence-electron chi connectivity index (χ1n) is 9.04. The van der Waals surface area contributed by atoms with Crippen molar-refractivity contribution in [2.24, 2.45) is 7.05 Å². The third kappa shape index (κ3) is 3.33. The number of nitrogens with zero attached hydrogens (tertiary/aromatic N) is 3. The minimum Gasteiger partial charge on any atom is -0.496 e. The highest BCUT2D eigenvalue weighted by molar-refractivity contribution is 6.01. The van der Waals surface area contributed by atoms with Crippen LogP contribution in [0.1, 0.15) is 5.56 Å². The molecule has 0 bridgehead atoms. The fraction of sp³-hybridized carbons (Fsp3) is 0.273. The number of fused-ring (bicyclic) bond motifs is 1. The summed E-state index contributed by atoms with van der Waals surface area (Å²) in [5.41, 5.74) is 2.54. The molecule has 0 fully saturated rings. The lowest BCUT2D eigenvalue weighted by atomic mass is 10.0. The first kappa shape index (κ1) is 19.5. The van der Waals surface area contributed by atoms with Gasteiger partial charge in [-0.2, -0.15) is 0 Å². The number of para-hydroxylation sites is 1. The van der Waals surface area contributed by atoms with Crippen LogP contribution in [0.4, 0.5) is 11.4 Å². The largest absolute Gasteiger partial charge is 0.496 e. The van der Waals surface area contributed by atoms with Crippen molar-refractivity contribution in [3.05, 3.63) is 64.4 Å². The molecule has 0 N–H and O–H groups in total. The van der Waals surface area contributed by atoms with Gasteiger partial charge in [-0.3, -0.25) is 9.59 Å². The molecule has 0 unspecified atom stereocenters. The number of hydrogen-bond acceptors (Lipinski definition) is 4. The van der Waals surface area contributed by atoms with Crippen LogP contribution in [-0.4, -0.2) is 38.7 Å². The van der Waals surface area contributed by atoms with Crippen molar-refractivity contribution >= 4 is 28.2 Å². The highest BCUT2D eigenvalue weighted by Crippen LogP contribution is 2.35. The van der Waals surface area contributed by atoms with Gasteiger partial charge in [-0.25, -0.2) is 0 Å². The fourth-order valence-corrected chi connectivity index (χ4v) is 3.49. The molecule has 6 heteroatoms. The van der Waals surface area contributed by atoms with E-state index in [9.17, 15) is 9.59 Å². The van der Waals surface area contributed by atoms with Gasteiger partial charge in [0.2, 0.25) is 5.91 Å². The number of pyridine rings is 1. The summed E-state index contributed by atoms with van der Waals surface area (Å²) in [6, 6.07) is 15.0. The number of carbonyl (C=O) groups is 1. The quantitative estimate of drug-likeness (QED) is 0.684. The lowest BCUT2D eigenvalue weighted by molar-refractivity contribution is -0.117. The molecule has 28 heavy (non-hydrogen) atoms. The molecule has 0 aliphatic rings. The van der Waals surface area contributed by atoms with Gasteiger partial charge in [-0.15, -0.1) is 0 Å². The van der Waals surface area contributed by atoms with E-state index in [1.807, 2.05) is 67.5 Å². The van der Waals surface area contributed by atoms with Gasteiger partial charge in [0.05, 0.1) is 35.7 Å². The third-order valence-electron chi connectivity index (χ3n) is 4.96. The Morgan fingerprint density at radius 2 is 1.71 bits per heavy atom. The van der Waals surface area contributed by atoms with Crippen LogP contribution in [-0.2, 0) is 18.3 Å². The summed E-state index contributed by atoms with van der Waals surface area (Å²) in [4.78, 5) is 29.5. The normalized spacial score (nSPS) is 10.8. The van der Waals surface area contributed by atoms with Gasteiger partial charge in [0.15, 0.2) is 0 Å². The Balaban J connectivity index is 2.18. The van der Waals surface area contributed by atoms with Gasteiger partial charge in [0, 0.05) is 33.9 Å². The number of amides is 1. The predicted molar refractivity (Wildman–Crippen MR) is 114 cm³/mol. The van der Waals surface area contributed by atoms with E-state index in [2.05, 4.69) is 0 Å². The van der Waals surface area contributed by atoms with Crippen LogP contribution in [0.25, 0.3) is 10.9 Å². The summed E-state index contributed by atoms with van der Waals surface area (Å²) in [6.45, 7) is 0. The van der Waals surface area contributed by atoms with Crippen LogP contribution in [0.15, 0.2) is 53.3 Å². The minimum atomic E-state index is -0.181. The van der Waals surface area contributed by atoms with Crippen molar-refractivity contribution < 1.29 is 9.53 Å². The maximum absolute atomic E-state index is 13.1. The first-order valence-corrected chi connectivity index (χ1v) is 9.04. The van der Waals surface area contributed by atoms with Crippen molar-refractivity contribution in [1.29, 1.82) is 0 Å². The minimum absolute atomic E-state index is 0.000427. The first-order chi connectivity index (χ1) is 13.4. The van der Waals surface area contributed by atoms with Crippen LogP contribution in [0.2, 0.25) is 0 Å². The van der Waals surface area contributed by atoms with E-state index >= 15 is 0 Å². The zero-order valence-corrected chi connectivity index (χ0v) is 16.9. The second kappa shape index (κ2) is 7.76. The van der Waals surface area contributed by atoms with E-state index in [0.717, 1.165) is 16.6 Å². The molecule has 0 atom stereocenters. The molecular weight excluding hydrogens is 354 g/mol. The summed E-state index contributed by atoms with van der Waals surface area (Å²) < 4.78 is 7.13. The van der Waals surface area contributed by atoms with Crippen LogP contribution >= 0.6 is 0 Å². The molecular formula is C22H25N3O3. The van der Waals surface area contributed by atoms with E-state index in [0.29, 0.717) is 17.0 Å². The number of aromatic nitrogens is 1. The van der Waals surface area contributed by atoms with Crippen molar-refractivity contribution in [3.63, 3.8) is 0 Å². The lowest BCUT2D eigenvalue weighted by Gasteiger charge is -2.24. The summed E-state index contributed by atoms with van der Waals surface area (Å²) in [6.07, 6.45) is -0.000427. The fourth-order valence-electron chi connectivity index (χ4n) is 3.49. The number of methoxy groups -OCH3 is 1. The molecule has 1 aromatic heterocycles. The highest BCUT2D eigenvalue weighted by atomic mass is 16.5. The van der Waals surface area contributed by atoms with E-state index in [1.165, 1.54) is 0 Å². The number of benzene rings is 2. The summed E-state index contributed by atoms with van der Waals surface area (Å²) in [5, 5.41) is 0.822. The zero-order chi connectivity index (χ0) is 20.4. The molecule has 0 radical (unpaired) electrons. The second-order valence-electron chi connectivity index (χ2n) is 6.91. The average Bonchev–Trinajstić information content (AvgIpc) is 2.71. The van der Waals surface area contributed by atoms with Crippen molar-refractivity contribution in [2.45, 2.75) is 6.42 Å². The number of anilines is 2. The van der Waals surface area contributed by atoms with Gasteiger partial charge in [0.25, 0.3) is 5.56 Å². The van der Waals surface area contributed by atoms with Gasteiger partial charge in [-0.05, 0) is 24.3 Å². The van der Waals surface area contributed by atoms with Gasteiger partial charge in [0.1, 0.15) is 5.75 Å². The Kier molecular flexibility index (Phi) is 5.40. The van der Waals surface area contributed by atoms with Crippen molar-refractivity contribution in [2.75, 3.05) is 38.1 Å². The SMILES string of the molecule is COc1cccc2c1c(N(C)C)c(CC(=O)N(C)c1ccccc1)c(=O)n2C. The molecule has 0 saturated carbocycles. The predicted octanol–water partition coefficient (Wildman–Crippen LogP) is 2.82. The Hall–Kier alpha value is -3.28. The van der Waals surface area contributed by atoms with Gasteiger partial charge in [-0.1, -0.05) is 24.3 Å². The van der Waals surface area contributed by atoms with E-state index in [1.54, 1.807) is 30.7 Å². The molecule has 0 aliphatic carbocycles. The van der Waals surface area contributed by atoms with Crippen molar-refractivity contribution in [3.8, 4) is 5.75 Å². The Bertz CT molecular complexity index is 1070. The molecule has 1 amide bonds. The molecule has 6 nitrogen and oxygen atoms in total. The maximum Gasteiger partial charge on any atom is 0.256 e. The lowest BCUT2D eigenvalue weighted by Crippen LogP contribution is -2.33. The number of aryl methyl sites for hydroxylation is 1. The topological polar surface area (TPSA) is 54.8 Å². The smallest absolute Gasteiger partial charge is 0.256 e. The third-order valence-corrected chi connectivity index (χ3v) is 4.96. The number of likely N-dealkylation sites (N-methyl/N-ethyl adjacent to an activating group) is 1. The van der Waals surface area contributed by atoms with Crippen LogP contribution in [0.5, 0.6) is 5.75 Å². The standard InChI is InChI=1S/C22H25N3O3/c1-23(2)21-16(14-19(26)24(3)15-10-7-6-8-11-15)22(27)25(4)17-12-9-13-18(28-5)20(17)21/h6-13H,14H2,1-5H3. The average molecular weight is 379 g/mol. The van der Waals surface area contributed by atoms with Crippen LogP contribution < -0.4 is 20.1 Å². The summed E-state index contributed by atoms with van der Waals surface area (Å²) >= 11 is 0. The molecule has 1 heterocycles. The number of hydrogen-bond donors (Lipinski definition) is 0. The Labute approximate surface area is 164 Å². The van der Waals surface area contributed by atoms with Gasteiger partial charge >= 0.3 is 0 Å². The number of ether oxygens (including phenoxy) is 1. The highest BCUT2D eigenvalue weighted by Gasteiger charge is 2.23. The molecule has 0 saturated heterocycles. The molecule has 0 aliphatic heterocycles. The summed E-state index contributed by atoms with van der Waals surface area (Å²) in [7, 11) is 8.79. The monoisotopic (exact) mass is 379 g/mol. The number of carbonyl (C=O) groups excluding carboxylic acids is 1. The summed E-state index contributed by atoms with van der Waals surface area (Å²) in [5.74, 6) is 0.516. The molecule has 2 aromatic carbocycles. The second-order valence-corrected chi connectivity index (χ2v) is 6.91. The zero-order valence-electron chi connectivity index (χ0n) is 16.9. The number of rotatable bonds is 5. The van der Waals surface area contributed by atoms with Crippen LogP contribution in [0, 0.1) is 0 Å². The van der Waals surface area contributed by atoms with E-state index in [4.69, 9.17) is 4.74 Å². The molecule has 3 rings (SSSR count). The molecule has 146 valence electrons. The molecule has 3 aromatic rings. The Morgan fingerprint density at radius 3 is 2.32 bits per heavy atom. The Morgan fingerprint density at radius 1 is 1.04 bits per heavy atom.